The van der Waals surface area contributed by atoms with E-state index in [0.717, 1.165) is 19.5 Å². The zero-order valence-corrected chi connectivity index (χ0v) is 9.38. The van der Waals surface area contributed by atoms with E-state index in [0.29, 0.717) is 19.0 Å². The standard InChI is InChI=1S/C10H19N3O2/c1-8(14)11-5-6-12-9-3-4-10(15)13(2)7-9/h9,12H,3-7H2,1-2H3,(H,11,14). The summed E-state index contributed by atoms with van der Waals surface area (Å²) in [5.74, 6) is 0.211. The number of carbonyl (C=O) groups excluding carboxylic acids is 2. The molecule has 15 heavy (non-hydrogen) atoms. The van der Waals surface area contributed by atoms with Crippen LogP contribution in [0.3, 0.4) is 0 Å². The van der Waals surface area contributed by atoms with Gasteiger partial charge in [0.1, 0.15) is 0 Å². The Morgan fingerprint density at radius 2 is 2.27 bits per heavy atom. The molecule has 0 bridgehead atoms. The van der Waals surface area contributed by atoms with Crippen LogP contribution in [-0.2, 0) is 9.59 Å². The number of hydrogen-bond acceptors (Lipinski definition) is 3. The van der Waals surface area contributed by atoms with E-state index < -0.39 is 0 Å². The average Bonchev–Trinajstić information content (AvgIpc) is 2.18. The number of piperidine rings is 1. The van der Waals surface area contributed by atoms with Crippen LogP contribution in [0, 0.1) is 0 Å². The molecule has 2 N–H and O–H groups in total. The van der Waals surface area contributed by atoms with E-state index in [9.17, 15) is 9.59 Å². The van der Waals surface area contributed by atoms with Crippen molar-refractivity contribution in [3.8, 4) is 0 Å². The van der Waals surface area contributed by atoms with Crippen molar-refractivity contribution in [3.05, 3.63) is 0 Å². The first-order valence-corrected chi connectivity index (χ1v) is 5.31. The summed E-state index contributed by atoms with van der Waals surface area (Å²) in [4.78, 5) is 23.5. The molecular weight excluding hydrogens is 194 g/mol. The van der Waals surface area contributed by atoms with E-state index in [1.807, 2.05) is 7.05 Å². The summed E-state index contributed by atoms with van der Waals surface area (Å²) in [7, 11) is 1.82. The molecule has 2 amide bonds. The first-order valence-electron chi connectivity index (χ1n) is 5.31. The van der Waals surface area contributed by atoms with Gasteiger partial charge in [-0.2, -0.15) is 0 Å². The number of likely N-dealkylation sites (tertiary alicyclic amines) is 1. The Kier molecular flexibility index (Phi) is 4.55. The van der Waals surface area contributed by atoms with Gasteiger partial charge in [-0.3, -0.25) is 9.59 Å². The highest BCUT2D eigenvalue weighted by Crippen LogP contribution is 2.08. The van der Waals surface area contributed by atoms with Crippen LogP contribution in [0.2, 0.25) is 0 Å². The Morgan fingerprint density at radius 3 is 2.87 bits per heavy atom. The molecule has 0 spiro atoms. The van der Waals surface area contributed by atoms with Crippen molar-refractivity contribution in [1.82, 2.24) is 15.5 Å². The van der Waals surface area contributed by atoms with Gasteiger partial charge in [-0.25, -0.2) is 0 Å². The van der Waals surface area contributed by atoms with Gasteiger partial charge >= 0.3 is 0 Å². The highest BCUT2D eigenvalue weighted by Gasteiger charge is 2.21. The van der Waals surface area contributed by atoms with Crippen LogP contribution < -0.4 is 10.6 Å². The quantitative estimate of drug-likeness (QED) is 0.609. The minimum absolute atomic E-state index is 0.00672. The number of likely N-dealkylation sites (N-methyl/N-ethyl adjacent to an activating group) is 1. The maximum absolute atomic E-state index is 11.2. The zero-order chi connectivity index (χ0) is 11.3. The third-order valence-corrected chi connectivity index (χ3v) is 2.56. The van der Waals surface area contributed by atoms with Crippen LogP contribution in [0.15, 0.2) is 0 Å². The monoisotopic (exact) mass is 213 g/mol. The molecule has 1 fully saturated rings. The van der Waals surface area contributed by atoms with Gasteiger partial charge in [-0.15, -0.1) is 0 Å². The number of hydrogen-bond donors (Lipinski definition) is 2. The molecule has 1 unspecified atom stereocenters. The molecule has 0 aliphatic carbocycles. The van der Waals surface area contributed by atoms with Gasteiger partial charge in [-0.05, 0) is 6.42 Å². The second-order valence-electron chi connectivity index (χ2n) is 3.95. The molecule has 0 radical (unpaired) electrons. The molecule has 1 atom stereocenters. The van der Waals surface area contributed by atoms with Gasteiger partial charge in [-0.1, -0.05) is 0 Å². The van der Waals surface area contributed by atoms with Crippen LogP contribution >= 0.6 is 0 Å². The van der Waals surface area contributed by atoms with Gasteiger partial charge in [0.2, 0.25) is 11.8 Å². The first-order chi connectivity index (χ1) is 7.09. The van der Waals surface area contributed by atoms with E-state index in [4.69, 9.17) is 0 Å². The summed E-state index contributed by atoms with van der Waals surface area (Å²) in [5, 5.41) is 6.04. The first kappa shape index (κ1) is 12.0. The predicted molar refractivity (Wildman–Crippen MR) is 57.3 cm³/mol. The van der Waals surface area contributed by atoms with Crippen LogP contribution in [-0.4, -0.2) is 49.4 Å². The van der Waals surface area contributed by atoms with Crippen molar-refractivity contribution >= 4 is 11.8 Å². The van der Waals surface area contributed by atoms with E-state index in [1.54, 1.807) is 4.90 Å². The van der Waals surface area contributed by atoms with Crippen LogP contribution in [0.4, 0.5) is 0 Å². The van der Waals surface area contributed by atoms with Crippen molar-refractivity contribution in [2.24, 2.45) is 0 Å². The zero-order valence-electron chi connectivity index (χ0n) is 9.38. The summed E-state index contributed by atoms with van der Waals surface area (Å²) in [6.45, 7) is 3.67. The summed E-state index contributed by atoms with van der Waals surface area (Å²) < 4.78 is 0. The fraction of sp³-hybridized carbons (Fsp3) is 0.800. The highest BCUT2D eigenvalue weighted by atomic mass is 16.2. The minimum atomic E-state index is -0.00672. The fourth-order valence-electron chi connectivity index (χ4n) is 1.69. The summed E-state index contributed by atoms with van der Waals surface area (Å²) >= 11 is 0. The van der Waals surface area contributed by atoms with Crippen molar-refractivity contribution in [2.45, 2.75) is 25.8 Å². The lowest BCUT2D eigenvalue weighted by Gasteiger charge is -2.30. The Bertz CT molecular complexity index is 243. The molecule has 0 saturated carbocycles. The van der Waals surface area contributed by atoms with Gasteiger partial charge in [0.25, 0.3) is 0 Å². The predicted octanol–water partition coefficient (Wildman–Crippen LogP) is -0.667. The lowest BCUT2D eigenvalue weighted by atomic mass is 10.1. The lowest BCUT2D eigenvalue weighted by Crippen LogP contribution is -2.48. The molecule has 5 heteroatoms. The van der Waals surface area contributed by atoms with Crippen LogP contribution in [0.1, 0.15) is 19.8 Å². The number of amides is 2. The molecular formula is C10H19N3O2. The Balaban J connectivity index is 2.12. The number of nitrogens with zero attached hydrogens (tertiary/aromatic N) is 1. The largest absolute Gasteiger partial charge is 0.355 e. The number of carbonyl (C=O) groups is 2. The van der Waals surface area contributed by atoms with Crippen LogP contribution in [0.5, 0.6) is 0 Å². The van der Waals surface area contributed by atoms with Crippen LogP contribution in [0.25, 0.3) is 0 Å². The lowest BCUT2D eigenvalue weighted by molar-refractivity contribution is -0.132. The third-order valence-electron chi connectivity index (χ3n) is 2.56. The Morgan fingerprint density at radius 1 is 1.53 bits per heavy atom. The molecule has 0 aromatic carbocycles. The van der Waals surface area contributed by atoms with Crippen molar-refractivity contribution < 1.29 is 9.59 Å². The van der Waals surface area contributed by atoms with Crippen molar-refractivity contribution in [1.29, 1.82) is 0 Å². The molecule has 1 saturated heterocycles. The highest BCUT2D eigenvalue weighted by molar-refractivity contribution is 5.76. The maximum atomic E-state index is 11.2. The Labute approximate surface area is 90.2 Å². The summed E-state index contributed by atoms with van der Waals surface area (Å²) in [5.41, 5.74) is 0. The molecule has 86 valence electrons. The topological polar surface area (TPSA) is 61.4 Å². The van der Waals surface area contributed by atoms with E-state index in [1.165, 1.54) is 6.92 Å². The van der Waals surface area contributed by atoms with E-state index in [2.05, 4.69) is 10.6 Å². The third kappa shape index (κ3) is 4.29. The van der Waals surface area contributed by atoms with Crippen molar-refractivity contribution in [2.75, 3.05) is 26.7 Å². The molecule has 0 aromatic rings. The fourth-order valence-corrected chi connectivity index (χ4v) is 1.69. The molecule has 1 aliphatic rings. The normalized spacial score (nSPS) is 21.6. The van der Waals surface area contributed by atoms with Crippen molar-refractivity contribution in [3.63, 3.8) is 0 Å². The second kappa shape index (κ2) is 5.70. The smallest absolute Gasteiger partial charge is 0.222 e. The number of nitrogens with one attached hydrogen (secondary N) is 2. The van der Waals surface area contributed by atoms with Gasteiger partial charge < -0.3 is 15.5 Å². The average molecular weight is 213 g/mol. The molecule has 0 aromatic heterocycles. The summed E-state index contributed by atoms with van der Waals surface area (Å²) in [6.07, 6.45) is 1.51. The van der Waals surface area contributed by atoms with E-state index >= 15 is 0 Å². The van der Waals surface area contributed by atoms with Gasteiger partial charge in [0.15, 0.2) is 0 Å². The maximum Gasteiger partial charge on any atom is 0.222 e. The van der Waals surface area contributed by atoms with Gasteiger partial charge in [0.05, 0.1) is 0 Å². The van der Waals surface area contributed by atoms with Gasteiger partial charge in [0, 0.05) is 46.1 Å². The minimum Gasteiger partial charge on any atom is -0.355 e. The number of rotatable bonds is 4. The molecule has 1 heterocycles. The van der Waals surface area contributed by atoms with E-state index in [-0.39, 0.29) is 11.8 Å². The Hall–Kier alpha value is -1.10. The molecule has 1 rings (SSSR count). The molecule has 5 nitrogen and oxygen atoms in total. The second-order valence-corrected chi connectivity index (χ2v) is 3.95. The summed E-state index contributed by atoms with van der Waals surface area (Å²) in [6, 6.07) is 0.362. The molecule has 1 aliphatic heterocycles. The SMILES string of the molecule is CC(=O)NCCNC1CCC(=O)N(C)C1.